The summed E-state index contributed by atoms with van der Waals surface area (Å²) in [6.45, 7) is 6.41. The van der Waals surface area contributed by atoms with Gasteiger partial charge in [0.25, 0.3) is 0 Å². The van der Waals surface area contributed by atoms with Gasteiger partial charge in [0.15, 0.2) is 0 Å². The van der Waals surface area contributed by atoms with Crippen molar-refractivity contribution in [1.29, 1.82) is 0 Å². The lowest BCUT2D eigenvalue weighted by atomic mass is 10.0. The molecule has 3 rings (SSSR count). The Hall–Kier alpha value is -2.84. The number of alkyl halides is 6. The van der Waals surface area contributed by atoms with Crippen LogP contribution in [0.25, 0.3) is 0 Å². The zero-order valence-electron chi connectivity index (χ0n) is 17.2. The fraction of sp³-hybridized carbons (Fsp3) is 0.364. The lowest BCUT2D eigenvalue weighted by molar-refractivity contribution is -0.143. The van der Waals surface area contributed by atoms with Gasteiger partial charge < -0.3 is 4.90 Å². The second-order valence-electron chi connectivity index (χ2n) is 7.55. The predicted molar refractivity (Wildman–Crippen MR) is 108 cm³/mol. The molecule has 0 aliphatic carbocycles. The summed E-state index contributed by atoms with van der Waals surface area (Å²) in [5.41, 5.74) is 0.000430. The molecule has 0 radical (unpaired) electrons. The molecule has 0 unspecified atom stereocenters. The van der Waals surface area contributed by atoms with E-state index in [1.807, 2.05) is 19.1 Å². The van der Waals surface area contributed by atoms with E-state index in [1.54, 1.807) is 13.8 Å². The smallest absolute Gasteiger partial charge is 0.317 e. The van der Waals surface area contributed by atoms with Crippen LogP contribution in [0.1, 0.15) is 39.8 Å². The number of rotatable bonds is 2. The van der Waals surface area contributed by atoms with Gasteiger partial charge in [0.1, 0.15) is 5.84 Å². The topological polar surface area (TPSA) is 28.0 Å². The number of amidine groups is 1. The van der Waals surface area contributed by atoms with Crippen LogP contribution in [-0.2, 0) is 12.4 Å². The van der Waals surface area contributed by atoms with Gasteiger partial charge in [0, 0.05) is 18.7 Å². The van der Waals surface area contributed by atoms with Crippen LogP contribution in [-0.4, -0.2) is 30.2 Å². The van der Waals surface area contributed by atoms with Crippen LogP contribution < -0.4 is 0 Å². The molecule has 1 heterocycles. The van der Waals surface area contributed by atoms with Gasteiger partial charge in [-0.2, -0.15) is 26.3 Å². The summed E-state index contributed by atoms with van der Waals surface area (Å²) in [7, 11) is 0. The summed E-state index contributed by atoms with van der Waals surface area (Å²) in [6, 6.07) is 5.25. The first-order valence-corrected chi connectivity index (χ1v) is 9.59. The minimum atomic E-state index is -4.94. The number of nitrogens with zero attached hydrogens (tertiary/aromatic N) is 3. The van der Waals surface area contributed by atoms with Crippen molar-refractivity contribution in [2.45, 2.75) is 39.5 Å². The minimum absolute atomic E-state index is 0.00453. The number of aliphatic imine (C=N–C) groups is 2. The van der Waals surface area contributed by atoms with Crippen molar-refractivity contribution in [3.8, 4) is 0 Å². The Morgan fingerprint density at radius 2 is 1.42 bits per heavy atom. The van der Waals surface area contributed by atoms with E-state index in [4.69, 9.17) is 0 Å². The molecule has 31 heavy (non-hydrogen) atoms. The van der Waals surface area contributed by atoms with Crippen LogP contribution in [0.2, 0.25) is 0 Å². The molecule has 1 aliphatic rings. The largest absolute Gasteiger partial charge is 0.416 e. The molecular formula is C22H21F6N3. The number of benzene rings is 2. The molecular weight excluding hydrogens is 420 g/mol. The summed E-state index contributed by atoms with van der Waals surface area (Å²) >= 11 is 0. The quantitative estimate of drug-likeness (QED) is 0.299. The number of hydrogen-bond donors (Lipinski definition) is 0. The van der Waals surface area contributed by atoms with Crippen LogP contribution in [0.3, 0.4) is 0 Å². The molecule has 0 atom stereocenters. The van der Waals surface area contributed by atoms with E-state index >= 15 is 0 Å². The van der Waals surface area contributed by atoms with E-state index in [1.165, 1.54) is 11.2 Å². The molecule has 0 saturated carbocycles. The highest BCUT2D eigenvalue weighted by atomic mass is 19.4. The standard InChI is InChI=1S/C22H21F6N3/c1-13-7-14(2)19(15(3)8-13)30-20(31-6-4-5-29-12-31)16-9-17(21(23,24)25)11-18(10-16)22(26,27)28/h7-12H,4-6H2,1-3H3. The molecule has 0 spiro atoms. The fourth-order valence-electron chi connectivity index (χ4n) is 3.54. The van der Waals surface area contributed by atoms with E-state index in [0.29, 0.717) is 37.3 Å². The van der Waals surface area contributed by atoms with Crippen molar-refractivity contribution in [2.75, 3.05) is 13.1 Å². The minimum Gasteiger partial charge on any atom is -0.317 e. The van der Waals surface area contributed by atoms with Crippen LogP contribution >= 0.6 is 0 Å². The number of halogens is 6. The van der Waals surface area contributed by atoms with Gasteiger partial charge in [-0.25, -0.2) is 4.99 Å². The highest BCUT2D eigenvalue weighted by Crippen LogP contribution is 2.37. The third-order valence-electron chi connectivity index (χ3n) is 4.88. The van der Waals surface area contributed by atoms with E-state index in [9.17, 15) is 26.3 Å². The molecule has 0 N–H and O–H groups in total. The predicted octanol–water partition coefficient (Wildman–Crippen LogP) is 6.46. The lowest BCUT2D eigenvalue weighted by Gasteiger charge is -2.26. The molecule has 3 nitrogen and oxygen atoms in total. The van der Waals surface area contributed by atoms with Crippen LogP contribution in [0.5, 0.6) is 0 Å². The second-order valence-corrected chi connectivity index (χ2v) is 7.55. The molecule has 0 bridgehead atoms. The first-order valence-electron chi connectivity index (χ1n) is 9.59. The zero-order chi connectivity index (χ0) is 23.0. The summed E-state index contributed by atoms with van der Waals surface area (Å²) in [6.07, 6.45) is -7.86. The summed E-state index contributed by atoms with van der Waals surface area (Å²) in [5.74, 6) is -0.00453. The molecule has 2 aromatic carbocycles. The first-order chi connectivity index (χ1) is 14.4. The Kier molecular flexibility index (Phi) is 6.16. The molecule has 0 amide bonds. The van der Waals surface area contributed by atoms with Gasteiger partial charge in [-0.15, -0.1) is 0 Å². The van der Waals surface area contributed by atoms with Crippen LogP contribution in [0.15, 0.2) is 40.3 Å². The maximum Gasteiger partial charge on any atom is 0.416 e. The van der Waals surface area contributed by atoms with Crippen LogP contribution in [0, 0.1) is 20.8 Å². The van der Waals surface area contributed by atoms with Crippen molar-refractivity contribution in [1.82, 2.24) is 4.90 Å². The van der Waals surface area contributed by atoms with Crippen molar-refractivity contribution in [3.05, 3.63) is 63.7 Å². The van der Waals surface area contributed by atoms with E-state index in [2.05, 4.69) is 9.98 Å². The molecule has 0 fully saturated rings. The van der Waals surface area contributed by atoms with Crippen LogP contribution in [0.4, 0.5) is 32.0 Å². The monoisotopic (exact) mass is 441 g/mol. The average Bonchev–Trinajstić information content (AvgIpc) is 2.66. The van der Waals surface area contributed by atoms with Gasteiger partial charge in [0.2, 0.25) is 0 Å². The molecule has 1 aliphatic heterocycles. The van der Waals surface area contributed by atoms with Gasteiger partial charge in [0.05, 0.1) is 23.2 Å². The van der Waals surface area contributed by atoms with E-state index in [-0.39, 0.29) is 17.5 Å². The zero-order valence-corrected chi connectivity index (χ0v) is 17.2. The number of aryl methyl sites for hydroxylation is 3. The average molecular weight is 441 g/mol. The molecule has 0 aromatic heterocycles. The SMILES string of the molecule is Cc1cc(C)c(N=C(c2cc(C(F)(F)F)cc(C(F)(F)F)c2)N2C=NCCC2)c(C)c1. The normalized spacial score (nSPS) is 15.5. The summed E-state index contributed by atoms with van der Waals surface area (Å²) < 4.78 is 80.4. The third-order valence-corrected chi connectivity index (χ3v) is 4.88. The Morgan fingerprint density at radius 1 is 0.871 bits per heavy atom. The Morgan fingerprint density at radius 3 is 1.87 bits per heavy atom. The third kappa shape index (κ3) is 5.26. The molecule has 9 heteroatoms. The molecule has 166 valence electrons. The second kappa shape index (κ2) is 8.36. The van der Waals surface area contributed by atoms with E-state index < -0.39 is 23.5 Å². The summed E-state index contributed by atoms with van der Waals surface area (Å²) in [5, 5.41) is 0. The van der Waals surface area contributed by atoms with Crippen molar-refractivity contribution in [3.63, 3.8) is 0 Å². The van der Waals surface area contributed by atoms with Gasteiger partial charge in [-0.3, -0.25) is 4.99 Å². The van der Waals surface area contributed by atoms with Gasteiger partial charge in [-0.1, -0.05) is 17.7 Å². The van der Waals surface area contributed by atoms with Crippen molar-refractivity contribution >= 4 is 17.9 Å². The lowest BCUT2D eigenvalue weighted by Crippen LogP contribution is -2.34. The highest BCUT2D eigenvalue weighted by molar-refractivity contribution is 6.06. The maximum absolute atomic E-state index is 13.4. The first kappa shape index (κ1) is 22.8. The van der Waals surface area contributed by atoms with E-state index in [0.717, 1.165) is 16.7 Å². The van der Waals surface area contributed by atoms with Crippen molar-refractivity contribution < 1.29 is 26.3 Å². The number of hydrogen-bond acceptors (Lipinski definition) is 2. The van der Waals surface area contributed by atoms with Crippen molar-refractivity contribution in [2.24, 2.45) is 9.98 Å². The molecule has 2 aromatic rings. The Balaban J connectivity index is 2.28. The van der Waals surface area contributed by atoms with Gasteiger partial charge in [-0.05, 0) is 56.5 Å². The summed E-state index contributed by atoms with van der Waals surface area (Å²) in [4.78, 5) is 10.2. The highest BCUT2D eigenvalue weighted by Gasteiger charge is 2.37. The van der Waals surface area contributed by atoms with Gasteiger partial charge >= 0.3 is 12.4 Å². The fourth-order valence-corrected chi connectivity index (χ4v) is 3.54. The maximum atomic E-state index is 13.4. The molecule has 0 saturated heterocycles. The Labute approximate surface area is 176 Å². The Bertz CT molecular complexity index is 979.